The molecule has 0 aromatic heterocycles. The van der Waals surface area contributed by atoms with Crippen LogP contribution in [-0.4, -0.2) is 29.0 Å². The Bertz CT molecular complexity index is 360. The average molecular weight is 209 g/mol. The van der Waals surface area contributed by atoms with Crippen LogP contribution in [-0.2, 0) is 4.79 Å². The zero-order chi connectivity index (χ0) is 13.0. The van der Waals surface area contributed by atoms with Gasteiger partial charge in [0.25, 0.3) is 5.91 Å². The van der Waals surface area contributed by atoms with Crippen molar-refractivity contribution in [3.8, 4) is 0 Å². The molecule has 0 aliphatic rings. The number of likely N-dealkylation sites (N-methyl/N-ethyl adjacent to an activating group) is 1. The van der Waals surface area contributed by atoms with Crippen molar-refractivity contribution < 1.29 is 12.6 Å². The topological polar surface area (TPSA) is 40.5 Å². The second kappa shape index (κ2) is 5.51. The highest BCUT2D eigenvalue weighted by Crippen LogP contribution is 2.14. The number of amides is 1. The Labute approximate surface area is 93.1 Å². The van der Waals surface area contributed by atoms with Crippen LogP contribution in [0.25, 0.3) is 0 Å². The summed E-state index contributed by atoms with van der Waals surface area (Å²) in [4.78, 5) is 13.0. The van der Waals surface area contributed by atoms with Crippen LogP contribution in [0.1, 0.15) is 28.3 Å². The van der Waals surface area contributed by atoms with Gasteiger partial charge < -0.3 is 10.0 Å². The number of aliphatic hydroxyl groups is 1. The molecular formula is C12H17NO2. The summed E-state index contributed by atoms with van der Waals surface area (Å²) in [5, 5.41) is 9.90. The molecule has 0 saturated carbocycles. The largest absolute Gasteiger partial charge is 0.378 e. The minimum absolute atomic E-state index is 0.476. The van der Waals surface area contributed by atoms with Gasteiger partial charge in [0.2, 0.25) is 0 Å². The number of carbonyl (C=O) groups is 1. The Balaban J connectivity index is 2.89. The standard InChI is InChI=1S/C12H17NO2/c1-3-13(4-2)12(15)11(14)10-8-6-5-7-9-10/h5-9,11,14H,3-4H2,1-2H3/i3D,4D. The minimum atomic E-state index is -1.31. The van der Waals surface area contributed by atoms with Gasteiger partial charge in [-0.1, -0.05) is 30.3 Å². The lowest BCUT2D eigenvalue weighted by Gasteiger charge is -2.22. The summed E-state index contributed by atoms with van der Waals surface area (Å²) in [6.07, 6.45) is -1.31. The lowest BCUT2D eigenvalue weighted by molar-refractivity contribution is -0.140. The highest BCUT2D eigenvalue weighted by molar-refractivity contribution is 5.82. The maximum Gasteiger partial charge on any atom is 0.256 e. The van der Waals surface area contributed by atoms with E-state index in [-0.39, 0.29) is 0 Å². The first-order chi connectivity index (χ1) is 7.95. The minimum Gasteiger partial charge on any atom is -0.378 e. The van der Waals surface area contributed by atoms with Crippen LogP contribution < -0.4 is 0 Å². The highest BCUT2D eigenvalue weighted by atomic mass is 16.3. The molecule has 0 aliphatic carbocycles. The van der Waals surface area contributed by atoms with E-state index in [0.717, 1.165) is 4.90 Å². The summed E-state index contributed by atoms with van der Waals surface area (Å²) in [5.41, 5.74) is 0.476. The molecule has 1 rings (SSSR count). The first-order valence-electron chi connectivity index (χ1n) is 6.00. The first kappa shape index (κ1) is 8.92. The molecule has 82 valence electrons. The van der Waals surface area contributed by atoms with Crippen molar-refractivity contribution >= 4 is 5.91 Å². The van der Waals surface area contributed by atoms with E-state index in [4.69, 9.17) is 2.74 Å². The maximum atomic E-state index is 12.0. The normalized spacial score (nSPS) is 18.3. The molecule has 0 radical (unpaired) electrons. The van der Waals surface area contributed by atoms with Crippen molar-refractivity contribution in [2.45, 2.75) is 20.0 Å². The van der Waals surface area contributed by atoms with Gasteiger partial charge in [-0.25, -0.2) is 0 Å². The number of aliphatic hydroxyl groups excluding tert-OH is 1. The molecule has 3 atom stereocenters. The molecule has 0 bridgehead atoms. The lowest BCUT2D eigenvalue weighted by Crippen LogP contribution is -2.34. The monoisotopic (exact) mass is 209 g/mol. The van der Waals surface area contributed by atoms with Crippen LogP contribution in [0.15, 0.2) is 30.3 Å². The van der Waals surface area contributed by atoms with Crippen molar-refractivity contribution in [1.82, 2.24) is 4.90 Å². The summed E-state index contributed by atoms with van der Waals surface area (Å²) in [7, 11) is 0. The van der Waals surface area contributed by atoms with Crippen LogP contribution in [0.3, 0.4) is 0 Å². The fraction of sp³-hybridized carbons (Fsp3) is 0.417. The van der Waals surface area contributed by atoms with Crippen LogP contribution >= 0.6 is 0 Å². The van der Waals surface area contributed by atoms with Crippen LogP contribution in [0.4, 0.5) is 0 Å². The predicted molar refractivity (Wildman–Crippen MR) is 59.3 cm³/mol. The fourth-order valence-corrected chi connectivity index (χ4v) is 1.32. The van der Waals surface area contributed by atoms with Gasteiger partial charge in [-0.3, -0.25) is 4.79 Å². The van der Waals surface area contributed by atoms with E-state index < -0.39 is 25.1 Å². The van der Waals surface area contributed by atoms with Crippen molar-refractivity contribution in [3.05, 3.63) is 35.9 Å². The molecule has 0 spiro atoms. The Morgan fingerprint density at radius 3 is 2.40 bits per heavy atom. The molecule has 3 nitrogen and oxygen atoms in total. The summed E-state index contributed by atoms with van der Waals surface area (Å²) >= 11 is 0. The Morgan fingerprint density at radius 2 is 1.93 bits per heavy atom. The summed E-state index contributed by atoms with van der Waals surface area (Å²) in [5.74, 6) is -0.610. The van der Waals surface area contributed by atoms with Crippen molar-refractivity contribution in [1.29, 1.82) is 0 Å². The van der Waals surface area contributed by atoms with Gasteiger partial charge in [0.15, 0.2) is 6.10 Å². The zero-order valence-corrected chi connectivity index (χ0v) is 8.92. The third kappa shape index (κ3) is 2.80. The molecule has 3 unspecified atom stereocenters. The molecule has 1 aromatic carbocycles. The Morgan fingerprint density at radius 1 is 1.40 bits per heavy atom. The van der Waals surface area contributed by atoms with E-state index in [9.17, 15) is 9.90 Å². The van der Waals surface area contributed by atoms with Gasteiger partial charge in [-0.2, -0.15) is 0 Å². The van der Waals surface area contributed by atoms with Gasteiger partial charge >= 0.3 is 0 Å². The molecule has 1 aromatic rings. The predicted octanol–water partition coefficient (Wildman–Crippen LogP) is 1.59. The number of hydrogen-bond donors (Lipinski definition) is 1. The fourth-order valence-electron chi connectivity index (χ4n) is 1.32. The molecule has 0 heterocycles. The van der Waals surface area contributed by atoms with Crippen molar-refractivity contribution in [3.63, 3.8) is 0 Å². The molecule has 1 amide bonds. The lowest BCUT2D eigenvalue weighted by atomic mass is 10.1. The molecule has 0 fully saturated rings. The third-order valence-corrected chi connectivity index (χ3v) is 2.16. The Kier molecular flexibility index (Phi) is 3.28. The van der Waals surface area contributed by atoms with Gasteiger partial charge in [0.05, 0.1) is 0 Å². The van der Waals surface area contributed by atoms with Crippen molar-refractivity contribution in [2.75, 3.05) is 13.0 Å². The van der Waals surface area contributed by atoms with E-state index in [0.29, 0.717) is 5.56 Å². The maximum absolute atomic E-state index is 12.0. The second-order valence-corrected chi connectivity index (χ2v) is 3.08. The number of hydrogen-bond acceptors (Lipinski definition) is 2. The summed E-state index contributed by atoms with van der Waals surface area (Å²) < 4.78 is 15.1. The molecule has 0 saturated heterocycles. The number of carbonyl (C=O) groups excluding carboxylic acids is 1. The number of rotatable bonds is 4. The van der Waals surface area contributed by atoms with E-state index >= 15 is 0 Å². The third-order valence-electron chi connectivity index (χ3n) is 2.16. The van der Waals surface area contributed by atoms with Gasteiger partial charge in [-0.05, 0) is 19.4 Å². The average Bonchev–Trinajstić information content (AvgIpc) is 2.28. The van der Waals surface area contributed by atoms with Gasteiger partial charge in [0, 0.05) is 15.8 Å². The SMILES string of the molecule is [2H]C(C)N(C(=O)C(O)c1ccccc1)C([2H])C. The zero-order valence-electron chi connectivity index (χ0n) is 10.9. The molecule has 3 heteroatoms. The second-order valence-electron chi connectivity index (χ2n) is 3.08. The van der Waals surface area contributed by atoms with Crippen LogP contribution in [0, 0.1) is 0 Å². The number of benzene rings is 1. The molecular weight excluding hydrogens is 190 g/mol. The van der Waals surface area contributed by atoms with E-state index in [1.807, 2.05) is 0 Å². The summed E-state index contributed by atoms with van der Waals surface area (Å²) in [6, 6.07) is 8.53. The molecule has 1 N–H and O–H groups in total. The van der Waals surface area contributed by atoms with E-state index in [1.165, 1.54) is 13.8 Å². The molecule has 15 heavy (non-hydrogen) atoms. The molecule has 0 aliphatic heterocycles. The van der Waals surface area contributed by atoms with Crippen molar-refractivity contribution in [2.24, 2.45) is 0 Å². The summed E-state index contributed by atoms with van der Waals surface area (Å²) in [6.45, 7) is 1.29. The highest BCUT2D eigenvalue weighted by Gasteiger charge is 2.21. The van der Waals surface area contributed by atoms with E-state index in [2.05, 4.69) is 0 Å². The van der Waals surface area contributed by atoms with Gasteiger partial charge in [0.1, 0.15) is 0 Å². The quantitative estimate of drug-likeness (QED) is 0.818. The smallest absolute Gasteiger partial charge is 0.256 e. The van der Waals surface area contributed by atoms with E-state index in [1.54, 1.807) is 30.3 Å². The van der Waals surface area contributed by atoms with Gasteiger partial charge in [-0.15, -0.1) is 0 Å². The Hall–Kier alpha value is -1.35. The first-order valence-corrected chi connectivity index (χ1v) is 4.85. The van der Waals surface area contributed by atoms with Crippen LogP contribution in [0.2, 0.25) is 0 Å². The van der Waals surface area contributed by atoms with Crippen LogP contribution in [0.5, 0.6) is 0 Å². The number of nitrogens with zero attached hydrogens (tertiary/aromatic N) is 1.